The van der Waals surface area contributed by atoms with E-state index in [-0.39, 0.29) is 11.7 Å². The van der Waals surface area contributed by atoms with E-state index in [1.807, 2.05) is 0 Å². The topological polar surface area (TPSA) is 50.4 Å². The van der Waals surface area contributed by atoms with Crippen LogP contribution in [0, 0.1) is 0 Å². The highest BCUT2D eigenvalue weighted by Gasteiger charge is 2.31. The summed E-state index contributed by atoms with van der Waals surface area (Å²) in [7, 11) is 1.48. The third-order valence-electron chi connectivity index (χ3n) is 2.09. The van der Waals surface area contributed by atoms with Gasteiger partial charge >= 0.3 is 6.36 Å². The Labute approximate surface area is 102 Å². The molecule has 0 aliphatic heterocycles. The van der Waals surface area contributed by atoms with Gasteiger partial charge in [0.2, 0.25) is 5.91 Å². The minimum atomic E-state index is -4.73. The first-order valence-corrected chi connectivity index (χ1v) is 5.16. The zero-order chi connectivity index (χ0) is 13.8. The molecule has 1 atom stereocenters. The molecule has 100 valence electrons. The number of rotatable bonds is 4. The molecule has 0 bridgehead atoms. The van der Waals surface area contributed by atoms with E-state index in [1.165, 1.54) is 25.2 Å². The van der Waals surface area contributed by atoms with Gasteiger partial charge in [0.1, 0.15) is 11.8 Å². The summed E-state index contributed by atoms with van der Waals surface area (Å²) in [6.45, 7) is 1.59. The molecule has 0 saturated heterocycles. The summed E-state index contributed by atoms with van der Waals surface area (Å²) in [5, 5.41) is 5.18. The van der Waals surface area contributed by atoms with Gasteiger partial charge in [0.15, 0.2) is 0 Å². The van der Waals surface area contributed by atoms with Crippen molar-refractivity contribution in [2.24, 2.45) is 0 Å². The Morgan fingerprint density at radius 2 is 2.06 bits per heavy atom. The van der Waals surface area contributed by atoms with E-state index in [1.54, 1.807) is 13.0 Å². The molecule has 0 aliphatic carbocycles. The lowest BCUT2D eigenvalue weighted by Crippen LogP contribution is -2.35. The van der Waals surface area contributed by atoms with E-state index >= 15 is 0 Å². The highest BCUT2D eigenvalue weighted by Crippen LogP contribution is 2.25. The fourth-order valence-corrected chi connectivity index (χ4v) is 1.32. The molecule has 1 rings (SSSR count). The number of ether oxygens (including phenoxy) is 1. The molecule has 1 aromatic carbocycles. The van der Waals surface area contributed by atoms with Crippen molar-refractivity contribution >= 4 is 11.6 Å². The van der Waals surface area contributed by atoms with Crippen molar-refractivity contribution in [1.82, 2.24) is 5.32 Å². The molecule has 1 unspecified atom stereocenters. The first-order chi connectivity index (χ1) is 8.31. The second-order valence-corrected chi connectivity index (χ2v) is 3.56. The van der Waals surface area contributed by atoms with E-state index in [2.05, 4.69) is 15.4 Å². The van der Waals surface area contributed by atoms with Crippen LogP contribution in [0.2, 0.25) is 0 Å². The maximum absolute atomic E-state index is 12.0. The molecule has 1 aromatic rings. The summed E-state index contributed by atoms with van der Waals surface area (Å²) >= 11 is 0. The van der Waals surface area contributed by atoms with Crippen LogP contribution in [0.15, 0.2) is 24.3 Å². The van der Waals surface area contributed by atoms with Crippen LogP contribution in [0.1, 0.15) is 6.92 Å². The van der Waals surface area contributed by atoms with Crippen molar-refractivity contribution in [3.05, 3.63) is 24.3 Å². The van der Waals surface area contributed by atoms with E-state index in [4.69, 9.17) is 0 Å². The number of benzene rings is 1. The second-order valence-electron chi connectivity index (χ2n) is 3.56. The minimum Gasteiger partial charge on any atom is -0.406 e. The Hall–Kier alpha value is -1.92. The van der Waals surface area contributed by atoms with Crippen molar-refractivity contribution in [1.29, 1.82) is 0 Å². The van der Waals surface area contributed by atoms with Crippen molar-refractivity contribution < 1.29 is 22.7 Å². The molecule has 4 nitrogen and oxygen atoms in total. The predicted octanol–water partition coefficient (Wildman–Crippen LogP) is 2.13. The highest BCUT2D eigenvalue weighted by atomic mass is 19.4. The van der Waals surface area contributed by atoms with E-state index in [0.717, 1.165) is 0 Å². The van der Waals surface area contributed by atoms with Gasteiger partial charge in [-0.2, -0.15) is 0 Å². The normalized spacial score (nSPS) is 12.7. The summed E-state index contributed by atoms with van der Waals surface area (Å²) in [5.74, 6) is -0.603. The first kappa shape index (κ1) is 14.1. The third-order valence-corrected chi connectivity index (χ3v) is 2.09. The molecular formula is C11H13F3N2O2. The molecular weight excluding hydrogens is 249 g/mol. The van der Waals surface area contributed by atoms with Crippen LogP contribution >= 0.6 is 0 Å². The fourth-order valence-electron chi connectivity index (χ4n) is 1.32. The van der Waals surface area contributed by atoms with Crippen LogP contribution in [-0.4, -0.2) is 25.4 Å². The largest absolute Gasteiger partial charge is 0.573 e. The van der Waals surface area contributed by atoms with Gasteiger partial charge in [0.25, 0.3) is 0 Å². The number of likely N-dealkylation sites (N-methyl/N-ethyl adjacent to an activating group) is 1. The van der Waals surface area contributed by atoms with Gasteiger partial charge in [-0.1, -0.05) is 6.07 Å². The Balaban J connectivity index is 2.73. The number of carbonyl (C=O) groups is 1. The highest BCUT2D eigenvalue weighted by molar-refractivity contribution is 5.83. The van der Waals surface area contributed by atoms with Crippen LogP contribution in [0.4, 0.5) is 18.9 Å². The smallest absolute Gasteiger partial charge is 0.406 e. The number of alkyl halides is 3. The molecule has 0 radical (unpaired) electrons. The number of nitrogens with one attached hydrogen (secondary N) is 2. The number of carbonyl (C=O) groups excluding carboxylic acids is 1. The summed E-state index contributed by atoms with van der Waals surface area (Å²) < 4.78 is 39.8. The summed E-state index contributed by atoms with van der Waals surface area (Å²) in [6, 6.07) is 4.75. The maximum Gasteiger partial charge on any atom is 0.573 e. The SMILES string of the molecule is CNC(=O)C(C)Nc1cccc(OC(F)(F)F)c1. The number of hydrogen-bond donors (Lipinski definition) is 2. The molecule has 0 aliphatic rings. The standard InChI is InChI=1S/C11H13F3N2O2/c1-7(10(17)15-2)16-8-4-3-5-9(6-8)18-11(12,13)14/h3-7,16H,1-2H3,(H,15,17). The van der Waals surface area contributed by atoms with Gasteiger partial charge in [0.05, 0.1) is 0 Å². The van der Waals surface area contributed by atoms with Gasteiger partial charge in [-0.3, -0.25) is 4.79 Å². The van der Waals surface area contributed by atoms with E-state index < -0.39 is 12.4 Å². The first-order valence-electron chi connectivity index (χ1n) is 5.16. The molecule has 18 heavy (non-hydrogen) atoms. The number of hydrogen-bond acceptors (Lipinski definition) is 3. The summed E-state index contributed by atoms with van der Waals surface area (Å²) in [4.78, 5) is 11.2. The van der Waals surface area contributed by atoms with Crippen molar-refractivity contribution in [3.8, 4) is 5.75 Å². The van der Waals surface area contributed by atoms with Crippen LogP contribution in [-0.2, 0) is 4.79 Å². The quantitative estimate of drug-likeness (QED) is 0.874. The Morgan fingerprint density at radius 3 is 2.61 bits per heavy atom. The van der Waals surface area contributed by atoms with Gasteiger partial charge in [-0.25, -0.2) is 0 Å². The van der Waals surface area contributed by atoms with Crippen molar-refractivity contribution in [2.45, 2.75) is 19.3 Å². The second kappa shape index (κ2) is 5.61. The zero-order valence-corrected chi connectivity index (χ0v) is 9.84. The average Bonchev–Trinajstić information content (AvgIpc) is 2.26. The lowest BCUT2D eigenvalue weighted by Gasteiger charge is -2.15. The molecule has 0 saturated carbocycles. The van der Waals surface area contributed by atoms with Crippen LogP contribution in [0.5, 0.6) is 5.75 Å². The summed E-state index contributed by atoms with van der Waals surface area (Å²) in [6.07, 6.45) is -4.73. The minimum absolute atomic E-state index is 0.267. The van der Waals surface area contributed by atoms with E-state index in [9.17, 15) is 18.0 Å². The van der Waals surface area contributed by atoms with Crippen LogP contribution < -0.4 is 15.4 Å². The number of halogens is 3. The van der Waals surface area contributed by atoms with Gasteiger partial charge < -0.3 is 15.4 Å². The molecule has 7 heteroatoms. The molecule has 0 aromatic heterocycles. The van der Waals surface area contributed by atoms with Gasteiger partial charge in [-0.05, 0) is 19.1 Å². The molecule has 0 heterocycles. The molecule has 2 N–H and O–H groups in total. The molecule has 0 fully saturated rings. The fraction of sp³-hybridized carbons (Fsp3) is 0.364. The lowest BCUT2D eigenvalue weighted by atomic mass is 10.2. The molecule has 1 amide bonds. The van der Waals surface area contributed by atoms with Crippen molar-refractivity contribution in [3.63, 3.8) is 0 Å². The average molecular weight is 262 g/mol. The monoisotopic (exact) mass is 262 g/mol. The Bertz CT molecular complexity index is 421. The Morgan fingerprint density at radius 1 is 1.39 bits per heavy atom. The Kier molecular flexibility index (Phi) is 4.41. The van der Waals surface area contributed by atoms with Gasteiger partial charge in [-0.15, -0.1) is 13.2 Å². The maximum atomic E-state index is 12.0. The van der Waals surface area contributed by atoms with Gasteiger partial charge in [0, 0.05) is 18.8 Å². The van der Waals surface area contributed by atoms with Crippen LogP contribution in [0.3, 0.4) is 0 Å². The zero-order valence-electron chi connectivity index (χ0n) is 9.84. The van der Waals surface area contributed by atoms with Crippen molar-refractivity contribution in [2.75, 3.05) is 12.4 Å². The lowest BCUT2D eigenvalue weighted by molar-refractivity contribution is -0.274. The number of amides is 1. The van der Waals surface area contributed by atoms with Crippen LogP contribution in [0.25, 0.3) is 0 Å². The summed E-state index contributed by atoms with van der Waals surface area (Å²) in [5.41, 5.74) is 0.368. The van der Waals surface area contributed by atoms with E-state index in [0.29, 0.717) is 5.69 Å². The predicted molar refractivity (Wildman–Crippen MR) is 60.3 cm³/mol. The third kappa shape index (κ3) is 4.52. The molecule has 0 spiro atoms. The number of anilines is 1.